The first-order valence-electron chi connectivity index (χ1n) is 6.71. The highest BCUT2D eigenvalue weighted by Gasteiger charge is 2.08. The number of amides is 2. The molecule has 0 saturated heterocycles. The lowest BCUT2D eigenvalue weighted by atomic mass is 10.0. The molecular formula is C17H18N2O2. The summed E-state index contributed by atoms with van der Waals surface area (Å²) in [5.74, 6) is -0.633. The van der Waals surface area contributed by atoms with Gasteiger partial charge in [-0.3, -0.25) is 9.59 Å². The van der Waals surface area contributed by atoms with Crippen LogP contribution >= 0.6 is 0 Å². The zero-order valence-electron chi connectivity index (χ0n) is 12.1. The number of primary amides is 1. The van der Waals surface area contributed by atoms with Gasteiger partial charge in [0.1, 0.15) is 0 Å². The fourth-order valence-corrected chi connectivity index (χ4v) is 2.12. The number of carbonyl (C=O) groups excluding carboxylic acids is 2. The molecule has 4 nitrogen and oxygen atoms in total. The van der Waals surface area contributed by atoms with E-state index in [1.54, 1.807) is 24.3 Å². The molecule has 0 radical (unpaired) electrons. The van der Waals surface area contributed by atoms with Crippen LogP contribution in [0.2, 0.25) is 0 Å². The largest absolute Gasteiger partial charge is 0.366 e. The van der Waals surface area contributed by atoms with Gasteiger partial charge in [0, 0.05) is 11.3 Å². The summed E-state index contributed by atoms with van der Waals surface area (Å²) < 4.78 is 0. The third-order valence-corrected chi connectivity index (χ3v) is 3.29. The van der Waals surface area contributed by atoms with Gasteiger partial charge in [0.25, 0.3) is 0 Å². The van der Waals surface area contributed by atoms with Crippen molar-refractivity contribution in [2.45, 2.75) is 20.3 Å². The second-order valence-corrected chi connectivity index (χ2v) is 5.10. The van der Waals surface area contributed by atoms with Gasteiger partial charge >= 0.3 is 0 Å². The highest BCUT2D eigenvalue weighted by molar-refractivity contribution is 5.96. The van der Waals surface area contributed by atoms with Gasteiger partial charge in [-0.05, 0) is 43.2 Å². The fraction of sp³-hybridized carbons (Fsp3) is 0.176. The lowest BCUT2D eigenvalue weighted by Gasteiger charge is -2.09. The van der Waals surface area contributed by atoms with Gasteiger partial charge in [-0.1, -0.05) is 29.8 Å². The number of anilines is 1. The maximum absolute atomic E-state index is 12.1. The molecule has 0 bridgehead atoms. The average Bonchev–Trinajstić information content (AvgIpc) is 2.43. The highest BCUT2D eigenvalue weighted by atomic mass is 16.2. The zero-order valence-corrected chi connectivity index (χ0v) is 12.1. The van der Waals surface area contributed by atoms with E-state index >= 15 is 0 Å². The van der Waals surface area contributed by atoms with Crippen molar-refractivity contribution in [3.8, 4) is 0 Å². The van der Waals surface area contributed by atoms with Crippen LogP contribution in [-0.2, 0) is 11.2 Å². The van der Waals surface area contributed by atoms with Crippen molar-refractivity contribution >= 4 is 17.5 Å². The first-order chi connectivity index (χ1) is 9.95. The van der Waals surface area contributed by atoms with Crippen molar-refractivity contribution in [2.24, 2.45) is 5.73 Å². The first-order valence-corrected chi connectivity index (χ1v) is 6.71. The van der Waals surface area contributed by atoms with Crippen LogP contribution in [0, 0.1) is 13.8 Å². The molecule has 0 aromatic heterocycles. The van der Waals surface area contributed by atoms with Crippen LogP contribution in [-0.4, -0.2) is 11.8 Å². The van der Waals surface area contributed by atoms with E-state index in [9.17, 15) is 9.59 Å². The van der Waals surface area contributed by atoms with Gasteiger partial charge in [0.2, 0.25) is 11.8 Å². The molecule has 3 N–H and O–H groups in total. The monoisotopic (exact) mass is 282 g/mol. The smallest absolute Gasteiger partial charge is 0.248 e. The summed E-state index contributed by atoms with van der Waals surface area (Å²) in [5, 5.41) is 2.79. The Morgan fingerprint density at radius 2 is 1.86 bits per heavy atom. The average molecular weight is 282 g/mol. The Labute approximate surface area is 124 Å². The van der Waals surface area contributed by atoms with Gasteiger partial charge in [-0.2, -0.15) is 0 Å². The molecule has 2 amide bonds. The zero-order chi connectivity index (χ0) is 15.4. The molecule has 2 aromatic rings. The van der Waals surface area contributed by atoms with E-state index in [-0.39, 0.29) is 5.91 Å². The summed E-state index contributed by atoms with van der Waals surface area (Å²) in [7, 11) is 0. The minimum atomic E-state index is -0.513. The molecule has 0 fully saturated rings. The molecule has 0 aliphatic heterocycles. The van der Waals surface area contributed by atoms with Crippen molar-refractivity contribution in [2.75, 3.05) is 5.32 Å². The van der Waals surface area contributed by atoms with Crippen LogP contribution in [0.25, 0.3) is 0 Å². The topological polar surface area (TPSA) is 72.2 Å². The normalized spacial score (nSPS) is 10.2. The van der Waals surface area contributed by atoms with Crippen molar-refractivity contribution in [3.63, 3.8) is 0 Å². The Hall–Kier alpha value is -2.62. The predicted octanol–water partition coefficient (Wildman–Crippen LogP) is 2.58. The van der Waals surface area contributed by atoms with E-state index in [1.807, 2.05) is 32.0 Å². The standard InChI is InChI=1S/C17H18N2O2/c1-11-6-7-12(2)14(8-11)10-16(20)19-15-5-3-4-13(9-15)17(18)21/h3-9H,10H2,1-2H3,(H2,18,21)(H,19,20). The number of rotatable bonds is 4. The number of hydrogen-bond donors (Lipinski definition) is 2. The molecule has 0 saturated carbocycles. The van der Waals surface area contributed by atoms with Crippen LogP contribution < -0.4 is 11.1 Å². The number of nitrogens with two attached hydrogens (primary N) is 1. The lowest BCUT2D eigenvalue weighted by Crippen LogP contribution is -2.16. The Kier molecular flexibility index (Phi) is 4.38. The Bertz CT molecular complexity index is 693. The van der Waals surface area contributed by atoms with E-state index in [0.717, 1.165) is 16.7 Å². The van der Waals surface area contributed by atoms with E-state index in [1.165, 1.54) is 0 Å². The summed E-state index contributed by atoms with van der Waals surface area (Å²) in [4.78, 5) is 23.2. The van der Waals surface area contributed by atoms with Gasteiger partial charge in [0.05, 0.1) is 6.42 Å². The quantitative estimate of drug-likeness (QED) is 0.904. The van der Waals surface area contributed by atoms with Gasteiger partial charge in [-0.15, -0.1) is 0 Å². The van der Waals surface area contributed by atoms with Crippen molar-refractivity contribution in [1.82, 2.24) is 0 Å². The number of benzene rings is 2. The molecule has 0 heterocycles. The number of aryl methyl sites for hydroxylation is 2. The van der Waals surface area contributed by atoms with Crippen LogP contribution in [0.3, 0.4) is 0 Å². The minimum Gasteiger partial charge on any atom is -0.366 e. The number of carbonyl (C=O) groups is 2. The molecule has 2 aromatic carbocycles. The van der Waals surface area contributed by atoms with Gasteiger partial charge < -0.3 is 11.1 Å². The van der Waals surface area contributed by atoms with E-state index < -0.39 is 5.91 Å². The SMILES string of the molecule is Cc1ccc(C)c(CC(=O)Nc2cccc(C(N)=O)c2)c1. The Morgan fingerprint density at radius 1 is 1.10 bits per heavy atom. The summed E-state index contributed by atoms with van der Waals surface area (Å²) in [6.45, 7) is 3.98. The van der Waals surface area contributed by atoms with Crippen LogP contribution in [0.4, 0.5) is 5.69 Å². The minimum absolute atomic E-state index is 0.120. The lowest BCUT2D eigenvalue weighted by molar-refractivity contribution is -0.115. The van der Waals surface area contributed by atoms with Crippen LogP contribution in [0.1, 0.15) is 27.0 Å². The van der Waals surface area contributed by atoms with Gasteiger partial charge in [-0.25, -0.2) is 0 Å². The van der Waals surface area contributed by atoms with Crippen LogP contribution in [0.5, 0.6) is 0 Å². The molecule has 0 atom stereocenters. The second kappa shape index (κ2) is 6.22. The fourth-order valence-electron chi connectivity index (χ4n) is 2.12. The second-order valence-electron chi connectivity index (χ2n) is 5.10. The molecule has 108 valence electrons. The van der Waals surface area contributed by atoms with Crippen LogP contribution in [0.15, 0.2) is 42.5 Å². The van der Waals surface area contributed by atoms with E-state index in [4.69, 9.17) is 5.73 Å². The molecule has 2 rings (SSSR count). The van der Waals surface area contributed by atoms with Crippen molar-refractivity contribution < 1.29 is 9.59 Å². The Morgan fingerprint density at radius 3 is 2.57 bits per heavy atom. The number of hydrogen-bond acceptors (Lipinski definition) is 2. The van der Waals surface area contributed by atoms with Crippen molar-refractivity contribution in [1.29, 1.82) is 0 Å². The third kappa shape index (κ3) is 3.92. The van der Waals surface area contributed by atoms with E-state index in [0.29, 0.717) is 17.7 Å². The van der Waals surface area contributed by atoms with Gasteiger partial charge in [0.15, 0.2) is 0 Å². The number of nitrogens with one attached hydrogen (secondary N) is 1. The Balaban J connectivity index is 2.10. The molecule has 0 aliphatic carbocycles. The molecule has 21 heavy (non-hydrogen) atoms. The molecule has 0 spiro atoms. The van der Waals surface area contributed by atoms with Crippen molar-refractivity contribution in [3.05, 3.63) is 64.7 Å². The molecular weight excluding hydrogens is 264 g/mol. The molecule has 0 aliphatic rings. The first kappa shape index (κ1) is 14.8. The summed E-state index contributed by atoms with van der Waals surface area (Å²) in [5.41, 5.74) is 9.38. The molecule has 0 unspecified atom stereocenters. The predicted molar refractivity (Wildman–Crippen MR) is 83.2 cm³/mol. The summed E-state index contributed by atoms with van der Waals surface area (Å²) in [6, 6.07) is 12.6. The highest BCUT2D eigenvalue weighted by Crippen LogP contribution is 2.14. The summed E-state index contributed by atoms with van der Waals surface area (Å²) >= 11 is 0. The maximum atomic E-state index is 12.1. The maximum Gasteiger partial charge on any atom is 0.248 e. The third-order valence-electron chi connectivity index (χ3n) is 3.29. The summed E-state index contributed by atoms with van der Waals surface area (Å²) in [6.07, 6.45) is 0.300. The van der Waals surface area contributed by atoms with E-state index in [2.05, 4.69) is 5.32 Å². The molecule has 4 heteroatoms.